The number of aliphatic hydroxyl groups is 1. The van der Waals surface area contributed by atoms with Crippen molar-refractivity contribution >= 4 is 16.6 Å². The molecule has 1 aromatic carbocycles. The molecule has 0 amide bonds. The zero-order chi connectivity index (χ0) is 11.8. The maximum atomic E-state index is 9.64. The van der Waals surface area contributed by atoms with Crippen LogP contribution in [0.5, 0.6) is 0 Å². The van der Waals surface area contributed by atoms with Crippen LogP contribution in [0.3, 0.4) is 0 Å². The summed E-state index contributed by atoms with van der Waals surface area (Å²) in [6.07, 6.45) is 0.664. The Balaban J connectivity index is 2.14. The van der Waals surface area contributed by atoms with Crippen LogP contribution in [0.1, 0.15) is 12.1 Å². The molecule has 1 atom stereocenters. The number of benzene rings is 1. The first-order valence-electron chi connectivity index (χ1n) is 6.03. The molecule has 1 aliphatic heterocycles. The number of pyridine rings is 1. The molecule has 17 heavy (non-hydrogen) atoms. The normalized spacial score (nSPS) is 20.1. The van der Waals surface area contributed by atoms with E-state index in [1.165, 1.54) is 11.1 Å². The number of aromatic nitrogens is 1. The molecule has 0 radical (unpaired) electrons. The van der Waals surface area contributed by atoms with Crippen LogP contribution < -0.4 is 4.90 Å². The Bertz CT molecular complexity index is 553. The van der Waals surface area contributed by atoms with Gasteiger partial charge in [0, 0.05) is 29.9 Å². The number of rotatable bonds is 1. The molecule has 2 aromatic rings. The molecule has 0 aliphatic carbocycles. The van der Waals surface area contributed by atoms with Crippen LogP contribution in [0.2, 0.25) is 0 Å². The molecule has 0 spiro atoms. The number of hydrogen-bond donors (Lipinski definition) is 1. The van der Waals surface area contributed by atoms with Gasteiger partial charge in [-0.3, -0.25) is 4.98 Å². The van der Waals surface area contributed by atoms with Crippen molar-refractivity contribution in [3.8, 4) is 0 Å². The number of fused-ring (bicyclic) bond motifs is 1. The summed E-state index contributed by atoms with van der Waals surface area (Å²) < 4.78 is 0. The highest BCUT2D eigenvalue weighted by atomic mass is 16.3. The monoisotopic (exact) mass is 228 g/mol. The summed E-state index contributed by atoms with van der Waals surface area (Å²) in [5, 5.41) is 10.8. The molecule has 2 heterocycles. The topological polar surface area (TPSA) is 36.4 Å². The smallest absolute Gasteiger partial charge is 0.0731 e. The molecule has 88 valence electrons. The minimum absolute atomic E-state index is 0.192. The Morgan fingerprint density at radius 1 is 1.35 bits per heavy atom. The molecule has 3 heteroatoms. The summed E-state index contributed by atoms with van der Waals surface area (Å²) >= 11 is 0. The van der Waals surface area contributed by atoms with Crippen molar-refractivity contribution < 1.29 is 5.11 Å². The van der Waals surface area contributed by atoms with Crippen molar-refractivity contribution in [2.45, 2.75) is 19.4 Å². The average Bonchev–Trinajstić information content (AvgIpc) is 2.74. The Labute approximate surface area is 101 Å². The second-order valence-electron chi connectivity index (χ2n) is 4.69. The molecule has 3 nitrogen and oxygen atoms in total. The summed E-state index contributed by atoms with van der Waals surface area (Å²) in [5.74, 6) is 0. The lowest BCUT2D eigenvalue weighted by Gasteiger charge is -2.20. The van der Waals surface area contributed by atoms with Crippen molar-refractivity contribution in [2.24, 2.45) is 0 Å². The van der Waals surface area contributed by atoms with Crippen LogP contribution in [-0.4, -0.2) is 29.3 Å². The van der Waals surface area contributed by atoms with Gasteiger partial charge in [0.25, 0.3) is 0 Å². The van der Waals surface area contributed by atoms with E-state index >= 15 is 0 Å². The van der Waals surface area contributed by atoms with Gasteiger partial charge in [-0.25, -0.2) is 0 Å². The number of hydrogen-bond acceptors (Lipinski definition) is 3. The lowest BCUT2D eigenvalue weighted by atomic mass is 10.1. The SMILES string of the molecule is Cc1cc(N2CC[C@H](O)C2)c2ccccc2n1. The zero-order valence-corrected chi connectivity index (χ0v) is 9.93. The van der Waals surface area contributed by atoms with E-state index in [1.54, 1.807) is 0 Å². The number of nitrogens with zero attached hydrogens (tertiary/aromatic N) is 2. The van der Waals surface area contributed by atoms with Crippen LogP contribution in [-0.2, 0) is 0 Å². The van der Waals surface area contributed by atoms with Gasteiger partial charge in [0.2, 0.25) is 0 Å². The van der Waals surface area contributed by atoms with Gasteiger partial charge in [-0.15, -0.1) is 0 Å². The highest BCUT2D eigenvalue weighted by Gasteiger charge is 2.22. The number of aryl methyl sites for hydroxylation is 1. The lowest BCUT2D eigenvalue weighted by molar-refractivity contribution is 0.198. The van der Waals surface area contributed by atoms with Crippen LogP contribution in [0.25, 0.3) is 10.9 Å². The first kappa shape index (κ1) is 10.5. The van der Waals surface area contributed by atoms with Crippen LogP contribution >= 0.6 is 0 Å². The quantitative estimate of drug-likeness (QED) is 0.812. The predicted octanol–water partition coefficient (Wildman–Crippen LogP) is 2.11. The molecular weight excluding hydrogens is 212 g/mol. The maximum absolute atomic E-state index is 9.64. The second kappa shape index (κ2) is 4.00. The summed E-state index contributed by atoms with van der Waals surface area (Å²) in [6.45, 7) is 3.67. The first-order chi connectivity index (χ1) is 8.24. The largest absolute Gasteiger partial charge is 0.391 e. The number of β-amino-alcohol motifs (C(OH)–C–C–N with tert-alkyl or cyclic N) is 1. The zero-order valence-electron chi connectivity index (χ0n) is 9.93. The molecule has 0 saturated carbocycles. The van der Waals surface area contributed by atoms with Crippen molar-refractivity contribution in [1.29, 1.82) is 0 Å². The van der Waals surface area contributed by atoms with Crippen LogP contribution in [0.15, 0.2) is 30.3 Å². The third kappa shape index (κ3) is 1.87. The van der Waals surface area contributed by atoms with Gasteiger partial charge in [-0.05, 0) is 25.5 Å². The van der Waals surface area contributed by atoms with E-state index in [0.29, 0.717) is 0 Å². The maximum Gasteiger partial charge on any atom is 0.0731 e. The summed E-state index contributed by atoms with van der Waals surface area (Å²) in [4.78, 5) is 6.79. The second-order valence-corrected chi connectivity index (χ2v) is 4.69. The van der Waals surface area contributed by atoms with Crippen LogP contribution in [0.4, 0.5) is 5.69 Å². The standard InChI is InChI=1S/C14H16N2O/c1-10-8-14(16-7-6-11(17)9-16)12-4-2-3-5-13(12)15-10/h2-5,8,11,17H,6-7,9H2,1H3/t11-/m0/s1. The highest BCUT2D eigenvalue weighted by Crippen LogP contribution is 2.29. The van der Waals surface area contributed by atoms with Crippen molar-refractivity contribution in [3.05, 3.63) is 36.0 Å². The summed E-state index contributed by atoms with van der Waals surface area (Å²) in [7, 11) is 0. The fourth-order valence-electron chi connectivity index (χ4n) is 2.51. The van der Waals surface area contributed by atoms with Gasteiger partial charge in [-0.1, -0.05) is 18.2 Å². The summed E-state index contributed by atoms with van der Waals surface area (Å²) in [6, 6.07) is 10.3. The molecule has 0 bridgehead atoms. The number of para-hydroxylation sites is 1. The van der Waals surface area contributed by atoms with Gasteiger partial charge in [-0.2, -0.15) is 0 Å². The molecular formula is C14H16N2O. The Morgan fingerprint density at radius 2 is 2.18 bits per heavy atom. The average molecular weight is 228 g/mol. The molecule has 1 aromatic heterocycles. The lowest BCUT2D eigenvalue weighted by Crippen LogP contribution is -2.21. The third-order valence-electron chi connectivity index (χ3n) is 3.33. The van der Waals surface area contributed by atoms with Gasteiger partial charge in [0.05, 0.1) is 11.6 Å². The number of anilines is 1. The van der Waals surface area contributed by atoms with Gasteiger partial charge < -0.3 is 10.0 Å². The third-order valence-corrected chi connectivity index (χ3v) is 3.33. The minimum Gasteiger partial charge on any atom is -0.391 e. The van der Waals surface area contributed by atoms with Crippen molar-refractivity contribution in [2.75, 3.05) is 18.0 Å². The Morgan fingerprint density at radius 3 is 2.94 bits per heavy atom. The van der Waals surface area contributed by atoms with Gasteiger partial charge in [0.1, 0.15) is 0 Å². The predicted molar refractivity (Wildman–Crippen MR) is 69.3 cm³/mol. The number of aliphatic hydroxyl groups excluding tert-OH is 1. The molecule has 1 aliphatic rings. The molecule has 3 rings (SSSR count). The Kier molecular flexibility index (Phi) is 2.48. The van der Waals surface area contributed by atoms with E-state index in [1.807, 2.05) is 25.1 Å². The van der Waals surface area contributed by atoms with E-state index in [-0.39, 0.29) is 6.10 Å². The van der Waals surface area contributed by atoms with Crippen LogP contribution in [0, 0.1) is 6.92 Å². The molecule has 1 saturated heterocycles. The van der Waals surface area contributed by atoms with E-state index in [9.17, 15) is 5.11 Å². The van der Waals surface area contributed by atoms with E-state index in [2.05, 4.69) is 22.0 Å². The molecule has 0 unspecified atom stereocenters. The fraction of sp³-hybridized carbons (Fsp3) is 0.357. The highest BCUT2D eigenvalue weighted by molar-refractivity contribution is 5.92. The van der Waals surface area contributed by atoms with E-state index in [4.69, 9.17) is 0 Å². The minimum atomic E-state index is -0.192. The van der Waals surface area contributed by atoms with Crippen molar-refractivity contribution in [3.63, 3.8) is 0 Å². The molecule has 1 fully saturated rings. The van der Waals surface area contributed by atoms with E-state index < -0.39 is 0 Å². The Hall–Kier alpha value is -1.61. The fourth-order valence-corrected chi connectivity index (χ4v) is 2.51. The first-order valence-corrected chi connectivity index (χ1v) is 6.03. The van der Waals surface area contributed by atoms with Gasteiger partial charge >= 0.3 is 0 Å². The van der Waals surface area contributed by atoms with Crippen molar-refractivity contribution in [1.82, 2.24) is 4.98 Å². The summed E-state index contributed by atoms with van der Waals surface area (Å²) in [5.41, 5.74) is 3.26. The molecule has 1 N–H and O–H groups in total. The van der Waals surface area contributed by atoms with Gasteiger partial charge in [0.15, 0.2) is 0 Å². The van der Waals surface area contributed by atoms with E-state index in [0.717, 1.165) is 30.7 Å².